The third-order valence-corrected chi connectivity index (χ3v) is 4.83. The van der Waals surface area contributed by atoms with Gasteiger partial charge in [0.25, 0.3) is 0 Å². The van der Waals surface area contributed by atoms with Crippen LogP contribution in [0.3, 0.4) is 0 Å². The smallest absolute Gasteiger partial charge is 0.408 e. The van der Waals surface area contributed by atoms with Gasteiger partial charge in [-0.3, -0.25) is 9.36 Å². The Bertz CT molecular complexity index is 896. The molecule has 1 heterocycles. The lowest BCUT2D eigenvalue weighted by molar-refractivity contribution is -0.207. The Hall–Kier alpha value is -2.30. The number of para-hydroxylation sites is 2. The average molecular weight is 435 g/mol. The lowest BCUT2D eigenvalue weighted by Gasteiger charge is -2.28. The molecule has 0 unspecified atom stereocenters. The molecule has 1 aromatic heterocycles. The van der Waals surface area contributed by atoms with Crippen molar-refractivity contribution in [2.45, 2.75) is 50.6 Å². The summed E-state index contributed by atoms with van der Waals surface area (Å²) in [4.78, 5) is 27.2. The predicted molar refractivity (Wildman–Crippen MR) is 101 cm³/mol. The number of amides is 1. The van der Waals surface area contributed by atoms with Gasteiger partial charge in [-0.25, -0.2) is 9.78 Å². The van der Waals surface area contributed by atoms with Gasteiger partial charge in [0.2, 0.25) is 0 Å². The summed E-state index contributed by atoms with van der Waals surface area (Å²) in [5, 5.41) is -2.45. The maximum absolute atomic E-state index is 14.6. The highest BCUT2D eigenvalue weighted by molar-refractivity contribution is 8.00. The van der Waals surface area contributed by atoms with Crippen LogP contribution in [0.15, 0.2) is 30.6 Å². The number of thioether (sulfide) groups is 1. The summed E-state index contributed by atoms with van der Waals surface area (Å²) in [6.07, 6.45) is -0.366. The highest BCUT2D eigenvalue weighted by Gasteiger charge is 2.59. The zero-order valence-corrected chi connectivity index (χ0v) is 17.0. The monoisotopic (exact) mass is 435 g/mol. The van der Waals surface area contributed by atoms with Gasteiger partial charge < -0.3 is 10.1 Å². The quantitative estimate of drug-likeness (QED) is 0.653. The third kappa shape index (κ3) is 5.40. The van der Waals surface area contributed by atoms with Crippen LogP contribution in [-0.4, -0.2) is 44.1 Å². The number of halogens is 4. The van der Waals surface area contributed by atoms with Crippen molar-refractivity contribution in [2.24, 2.45) is 0 Å². The number of alkyl halides is 4. The largest absolute Gasteiger partial charge is 0.444 e. The summed E-state index contributed by atoms with van der Waals surface area (Å²) in [6.45, 7) is 5.79. The zero-order chi connectivity index (χ0) is 22.0. The first-order valence-electron chi connectivity index (χ1n) is 8.57. The molecule has 0 aliphatic heterocycles. The second kappa shape index (κ2) is 8.21. The summed E-state index contributed by atoms with van der Waals surface area (Å²) in [5.41, 5.74) is -0.896. The van der Waals surface area contributed by atoms with E-state index in [4.69, 9.17) is 4.74 Å². The molecule has 1 amide bonds. The maximum Gasteiger partial charge on any atom is 0.408 e. The van der Waals surface area contributed by atoms with Gasteiger partial charge in [0.15, 0.2) is 5.78 Å². The first-order chi connectivity index (χ1) is 13.2. The highest BCUT2D eigenvalue weighted by Crippen LogP contribution is 2.47. The Morgan fingerprint density at radius 3 is 2.41 bits per heavy atom. The minimum Gasteiger partial charge on any atom is -0.444 e. The Kier molecular flexibility index (Phi) is 6.51. The Morgan fingerprint density at radius 1 is 1.21 bits per heavy atom. The van der Waals surface area contributed by atoms with E-state index in [1.165, 1.54) is 18.2 Å². The number of nitrogens with zero attached hydrogens (tertiary/aromatic N) is 2. The normalized spacial score (nSPS) is 13.9. The summed E-state index contributed by atoms with van der Waals surface area (Å²) in [5.74, 6) is -1.44. The fourth-order valence-electron chi connectivity index (χ4n) is 2.31. The van der Waals surface area contributed by atoms with E-state index in [9.17, 15) is 27.2 Å². The Labute approximate surface area is 169 Å². The van der Waals surface area contributed by atoms with Crippen LogP contribution in [0.25, 0.3) is 11.0 Å². The molecule has 160 valence electrons. The first kappa shape index (κ1) is 23.0. The topological polar surface area (TPSA) is 73.2 Å². The maximum atomic E-state index is 14.6. The number of benzene rings is 1. The van der Waals surface area contributed by atoms with Crippen molar-refractivity contribution in [1.82, 2.24) is 14.9 Å². The molecular formula is C18H21F4N3O3S. The second-order valence-corrected chi connectivity index (χ2v) is 8.42. The molecule has 2 aromatic rings. The van der Waals surface area contributed by atoms with E-state index in [0.717, 1.165) is 6.92 Å². The molecule has 6 nitrogen and oxygen atoms in total. The molecule has 0 fully saturated rings. The van der Waals surface area contributed by atoms with Crippen molar-refractivity contribution in [3.63, 3.8) is 0 Å². The number of hydrogen-bond donors (Lipinski definition) is 1. The number of Topliss-reactive ketones (excluding diaryl/α,β-unsaturated/α-hetero) is 1. The molecule has 2 rings (SSSR count). The highest BCUT2D eigenvalue weighted by atomic mass is 32.2. The summed E-state index contributed by atoms with van der Waals surface area (Å²) in [6, 6.07) is -0.399. The summed E-state index contributed by atoms with van der Waals surface area (Å²) in [7, 11) is 0. The molecule has 1 aromatic carbocycles. The number of carbonyl (C=O) groups is 2. The van der Waals surface area contributed by atoms with Crippen molar-refractivity contribution in [1.29, 1.82) is 0 Å². The number of rotatable bonds is 7. The number of nitrogens with one attached hydrogen (secondary N) is 1. The van der Waals surface area contributed by atoms with E-state index < -0.39 is 52.3 Å². The molecular weight excluding hydrogens is 414 g/mol. The molecule has 1 atom stereocenters. The van der Waals surface area contributed by atoms with Crippen molar-refractivity contribution >= 4 is 34.7 Å². The van der Waals surface area contributed by atoms with Crippen LogP contribution in [0.2, 0.25) is 0 Å². The van der Waals surface area contributed by atoms with Gasteiger partial charge in [-0.15, -0.1) is 0 Å². The molecule has 0 aliphatic carbocycles. The van der Waals surface area contributed by atoms with E-state index in [0.29, 0.717) is 6.33 Å². The van der Waals surface area contributed by atoms with Crippen LogP contribution in [0, 0.1) is 0 Å². The van der Waals surface area contributed by atoms with Gasteiger partial charge >= 0.3 is 17.4 Å². The number of alkyl carbamates (subject to hydrolysis) is 1. The number of imidazole rings is 1. The molecule has 0 radical (unpaired) electrons. The molecule has 0 saturated carbocycles. The first-order valence-corrected chi connectivity index (χ1v) is 9.55. The van der Waals surface area contributed by atoms with Crippen molar-refractivity contribution in [2.75, 3.05) is 5.75 Å². The zero-order valence-electron chi connectivity index (χ0n) is 16.2. The molecule has 0 bridgehead atoms. The number of fused-ring (bicyclic) bond motifs is 1. The minimum absolute atomic E-state index is 0.0966. The van der Waals surface area contributed by atoms with E-state index in [-0.39, 0.29) is 15.6 Å². The van der Waals surface area contributed by atoms with E-state index >= 15 is 0 Å². The lowest BCUT2D eigenvalue weighted by atomic mass is 10.2. The van der Waals surface area contributed by atoms with Gasteiger partial charge in [0.05, 0.1) is 17.1 Å². The number of carbonyl (C=O) groups excluding carboxylic acids is 2. The van der Waals surface area contributed by atoms with Crippen LogP contribution in [0.4, 0.5) is 22.4 Å². The second-order valence-electron chi connectivity index (χ2n) is 7.28. The number of aromatic nitrogens is 2. The molecule has 0 aliphatic rings. The van der Waals surface area contributed by atoms with Crippen LogP contribution in [0.1, 0.15) is 27.7 Å². The predicted octanol–water partition coefficient (Wildman–Crippen LogP) is 4.39. The van der Waals surface area contributed by atoms with Crippen molar-refractivity contribution in [3.8, 4) is 0 Å². The molecule has 11 heteroatoms. The van der Waals surface area contributed by atoms with E-state index in [2.05, 4.69) is 10.3 Å². The molecule has 29 heavy (non-hydrogen) atoms. The van der Waals surface area contributed by atoms with Gasteiger partial charge in [0, 0.05) is 5.75 Å². The van der Waals surface area contributed by atoms with E-state index in [1.54, 1.807) is 26.8 Å². The minimum atomic E-state index is -4.62. The van der Waals surface area contributed by atoms with Crippen LogP contribution >= 0.6 is 11.8 Å². The van der Waals surface area contributed by atoms with Crippen LogP contribution in [0.5, 0.6) is 0 Å². The summed E-state index contributed by atoms with van der Waals surface area (Å²) >= 11 is -0.434. The number of ketones is 1. The molecule has 0 spiro atoms. The lowest BCUT2D eigenvalue weighted by Crippen LogP contribution is -2.46. The van der Waals surface area contributed by atoms with Gasteiger partial charge in [-0.05, 0) is 39.8 Å². The fourth-order valence-corrected chi connectivity index (χ4v) is 3.27. The SMILES string of the molecule is CC(=O)[C@H](CSC(F)(F)C(F)(F)n1cnc2ccccc21)NC(=O)OC(C)(C)C. The molecule has 1 N–H and O–H groups in total. The van der Waals surface area contributed by atoms with E-state index in [1.807, 2.05) is 0 Å². The fraction of sp³-hybridized carbons (Fsp3) is 0.500. The molecule has 0 saturated heterocycles. The van der Waals surface area contributed by atoms with Crippen LogP contribution in [-0.2, 0) is 15.6 Å². The van der Waals surface area contributed by atoms with Crippen molar-refractivity contribution < 1.29 is 31.9 Å². The third-order valence-electron chi connectivity index (χ3n) is 3.72. The van der Waals surface area contributed by atoms with Crippen molar-refractivity contribution in [3.05, 3.63) is 30.6 Å². The standard InChI is InChI=1S/C18H21F4N3O3S/c1-11(26)13(24-15(27)28-16(2,3)4)9-29-18(21,22)17(19,20)25-10-23-12-7-5-6-8-14(12)25/h5-8,10,13H,9H2,1-4H3,(H,24,27)/t13-/m0/s1. The Balaban J connectivity index is 2.15. The Morgan fingerprint density at radius 2 is 1.83 bits per heavy atom. The van der Waals surface area contributed by atoms with Gasteiger partial charge in [-0.1, -0.05) is 23.9 Å². The number of ether oxygens (including phenoxy) is 1. The average Bonchev–Trinajstić information content (AvgIpc) is 3.01. The van der Waals surface area contributed by atoms with Gasteiger partial charge in [0.1, 0.15) is 11.9 Å². The summed E-state index contributed by atoms with van der Waals surface area (Å²) < 4.78 is 63.1. The van der Waals surface area contributed by atoms with Crippen LogP contribution < -0.4 is 5.32 Å². The van der Waals surface area contributed by atoms with Gasteiger partial charge in [-0.2, -0.15) is 17.6 Å². The number of hydrogen-bond acceptors (Lipinski definition) is 5.